The molecule has 5 heteroatoms. The van der Waals surface area contributed by atoms with Crippen molar-refractivity contribution in [3.05, 3.63) is 35.1 Å². The van der Waals surface area contributed by atoms with Gasteiger partial charge < -0.3 is 15.7 Å². The van der Waals surface area contributed by atoms with E-state index in [1.165, 1.54) is 12.1 Å². The van der Waals surface area contributed by atoms with Gasteiger partial charge in [-0.2, -0.15) is 0 Å². The molecule has 1 aromatic carbocycles. The molecule has 1 fully saturated rings. The Kier molecular flexibility index (Phi) is 6.19. The van der Waals surface area contributed by atoms with Gasteiger partial charge in [-0.1, -0.05) is 6.07 Å². The summed E-state index contributed by atoms with van der Waals surface area (Å²) in [6.07, 6.45) is 4.48. The highest BCUT2D eigenvalue weighted by Gasteiger charge is 2.21. The van der Waals surface area contributed by atoms with E-state index in [1.54, 1.807) is 6.07 Å². The highest BCUT2D eigenvalue weighted by atomic mass is 19.1. The monoisotopic (exact) mass is 308 g/mol. The van der Waals surface area contributed by atoms with Crippen molar-refractivity contribution in [1.82, 2.24) is 10.6 Å². The Morgan fingerprint density at radius 3 is 2.68 bits per heavy atom. The van der Waals surface area contributed by atoms with E-state index in [9.17, 15) is 9.18 Å². The lowest BCUT2D eigenvalue weighted by Gasteiger charge is -2.27. The molecule has 4 nitrogen and oxygen atoms in total. The van der Waals surface area contributed by atoms with Crippen LogP contribution in [0.1, 0.15) is 36.8 Å². The average molecular weight is 308 g/mol. The Bertz CT molecular complexity index is 499. The fourth-order valence-electron chi connectivity index (χ4n) is 2.98. The summed E-state index contributed by atoms with van der Waals surface area (Å²) < 4.78 is 13.0. The van der Waals surface area contributed by atoms with Crippen molar-refractivity contribution < 1.29 is 14.3 Å². The van der Waals surface area contributed by atoms with Crippen molar-refractivity contribution in [2.75, 3.05) is 13.2 Å². The standard InChI is InChI=1S/C17H25FN2O2/c1-12-10-15(18)5-4-14(12)8-9-19-17(22)20-16-6-2-13(11-21)3-7-16/h4-5,10,13,16,21H,2-3,6-9,11H2,1H3,(H2,19,20,22). The molecule has 0 atom stereocenters. The normalized spacial score (nSPS) is 21.4. The van der Waals surface area contributed by atoms with Crippen molar-refractivity contribution in [2.24, 2.45) is 5.92 Å². The van der Waals surface area contributed by atoms with Gasteiger partial charge in [0.25, 0.3) is 0 Å². The predicted octanol–water partition coefficient (Wildman–Crippen LogP) is 2.53. The van der Waals surface area contributed by atoms with Crippen LogP contribution in [0.15, 0.2) is 18.2 Å². The van der Waals surface area contributed by atoms with Crippen LogP contribution in [0.4, 0.5) is 9.18 Å². The number of halogens is 1. The fourth-order valence-corrected chi connectivity index (χ4v) is 2.98. The smallest absolute Gasteiger partial charge is 0.315 e. The number of rotatable bonds is 5. The first-order valence-electron chi connectivity index (χ1n) is 7.98. The van der Waals surface area contributed by atoms with Crippen molar-refractivity contribution in [3.8, 4) is 0 Å². The third-order valence-electron chi connectivity index (χ3n) is 4.42. The van der Waals surface area contributed by atoms with Crippen LogP contribution in [0.25, 0.3) is 0 Å². The topological polar surface area (TPSA) is 61.4 Å². The molecule has 0 aromatic heterocycles. The minimum Gasteiger partial charge on any atom is -0.396 e. The van der Waals surface area contributed by atoms with Crippen molar-refractivity contribution in [1.29, 1.82) is 0 Å². The van der Waals surface area contributed by atoms with E-state index in [4.69, 9.17) is 5.11 Å². The summed E-state index contributed by atoms with van der Waals surface area (Å²) in [6, 6.07) is 4.78. The van der Waals surface area contributed by atoms with Crippen molar-refractivity contribution in [2.45, 2.75) is 45.1 Å². The van der Waals surface area contributed by atoms with E-state index in [2.05, 4.69) is 10.6 Å². The molecule has 0 bridgehead atoms. The van der Waals surface area contributed by atoms with Crippen LogP contribution in [-0.2, 0) is 6.42 Å². The first kappa shape index (κ1) is 16.7. The van der Waals surface area contributed by atoms with Crippen LogP contribution in [0, 0.1) is 18.7 Å². The number of urea groups is 1. The minimum absolute atomic E-state index is 0.146. The molecule has 0 radical (unpaired) electrons. The summed E-state index contributed by atoms with van der Waals surface area (Å²) in [7, 11) is 0. The predicted molar refractivity (Wildman–Crippen MR) is 84.2 cm³/mol. The second kappa shape index (κ2) is 8.13. The van der Waals surface area contributed by atoms with E-state index in [0.29, 0.717) is 18.9 Å². The lowest BCUT2D eigenvalue weighted by atomic mass is 9.87. The number of aliphatic hydroxyl groups is 1. The van der Waals surface area contributed by atoms with Gasteiger partial charge in [0, 0.05) is 19.2 Å². The maximum Gasteiger partial charge on any atom is 0.315 e. The summed E-state index contributed by atoms with van der Waals surface area (Å²) in [5.41, 5.74) is 1.95. The molecule has 0 spiro atoms. The zero-order chi connectivity index (χ0) is 15.9. The lowest BCUT2D eigenvalue weighted by Crippen LogP contribution is -2.44. The van der Waals surface area contributed by atoms with Gasteiger partial charge in [0.15, 0.2) is 0 Å². The summed E-state index contributed by atoms with van der Waals surface area (Å²) in [5.74, 6) is 0.160. The van der Waals surface area contributed by atoms with Gasteiger partial charge in [0.2, 0.25) is 0 Å². The Balaban J connectivity index is 1.67. The Morgan fingerprint density at radius 1 is 1.32 bits per heavy atom. The molecule has 1 aliphatic carbocycles. The zero-order valence-corrected chi connectivity index (χ0v) is 13.1. The summed E-state index contributed by atoms with van der Waals surface area (Å²) in [5, 5.41) is 14.9. The van der Waals surface area contributed by atoms with Crippen LogP contribution in [0.5, 0.6) is 0 Å². The van der Waals surface area contributed by atoms with Gasteiger partial charge >= 0.3 is 6.03 Å². The van der Waals surface area contributed by atoms with Gasteiger partial charge in [-0.25, -0.2) is 9.18 Å². The van der Waals surface area contributed by atoms with E-state index >= 15 is 0 Å². The van der Waals surface area contributed by atoms with Gasteiger partial charge in [-0.05, 0) is 68.2 Å². The zero-order valence-electron chi connectivity index (χ0n) is 13.1. The maximum absolute atomic E-state index is 13.0. The van der Waals surface area contributed by atoms with Crippen molar-refractivity contribution >= 4 is 6.03 Å². The molecule has 0 saturated heterocycles. The van der Waals surface area contributed by atoms with Gasteiger partial charge in [0.05, 0.1) is 0 Å². The molecular weight excluding hydrogens is 283 g/mol. The van der Waals surface area contributed by atoms with Crippen LogP contribution in [0.3, 0.4) is 0 Å². The van der Waals surface area contributed by atoms with Crippen LogP contribution in [0.2, 0.25) is 0 Å². The number of aryl methyl sites for hydroxylation is 1. The molecule has 1 aromatic rings. The largest absolute Gasteiger partial charge is 0.396 e. The first-order valence-corrected chi connectivity index (χ1v) is 7.98. The minimum atomic E-state index is -0.231. The van der Waals surface area contributed by atoms with E-state index in [0.717, 1.165) is 36.8 Å². The molecule has 122 valence electrons. The van der Waals surface area contributed by atoms with Crippen molar-refractivity contribution in [3.63, 3.8) is 0 Å². The number of amides is 2. The number of aliphatic hydroxyl groups excluding tert-OH is 1. The Labute approximate surface area is 131 Å². The third-order valence-corrected chi connectivity index (χ3v) is 4.42. The summed E-state index contributed by atoms with van der Waals surface area (Å²) in [6.45, 7) is 2.65. The van der Waals surface area contributed by atoms with Crippen LogP contribution in [-0.4, -0.2) is 30.3 Å². The van der Waals surface area contributed by atoms with E-state index in [1.807, 2.05) is 6.92 Å². The number of hydrogen-bond acceptors (Lipinski definition) is 2. The van der Waals surface area contributed by atoms with E-state index in [-0.39, 0.29) is 24.5 Å². The SMILES string of the molecule is Cc1cc(F)ccc1CCNC(=O)NC1CCC(CO)CC1. The molecule has 3 N–H and O–H groups in total. The summed E-state index contributed by atoms with van der Waals surface area (Å²) >= 11 is 0. The Morgan fingerprint density at radius 2 is 2.05 bits per heavy atom. The first-order chi connectivity index (χ1) is 10.6. The van der Waals surface area contributed by atoms with Gasteiger partial charge in [0.1, 0.15) is 5.82 Å². The lowest BCUT2D eigenvalue weighted by molar-refractivity contribution is 0.174. The van der Waals surface area contributed by atoms with Crippen LogP contribution < -0.4 is 10.6 Å². The van der Waals surface area contributed by atoms with Crippen LogP contribution >= 0.6 is 0 Å². The maximum atomic E-state index is 13.0. The van der Waals surface area contributed by atoms with E-state index < -0.39 is 0 Å². The number of benzene rings is 1. The number of hydrogen-bond donors (Lipinski definition) is 3. The molecule has 0 unspecified atom stereocenters. The third kappa shape index (κ3) is 4.98. The molecule has 22 heavy (non-hydrogen) atoms. The molecular formula is C17H25FN2O2. The molecule has 1 saturated carbocycles. The highest BCUT2D eigenvalue weighted by molar-refractivity contribution is 5.74. The Hall–Kier alpha value is -1.62. The quantitative estimate of drug-likeness (QED) is 0.783. The second-order valence-electron chi connectivity index (χ2n) is 6.12. The fraction of sp³-hybridized carbons (Fsp3) is 0.588. The molecule has 2 rings (SSSR count). The summed E-state index contributed by atoms with van der Waals surface area (Å²) in [4.78, 5) is 11.9. The molecule has 0 aliphatic heterocycles. The number of carbonyl (C=O) groups is 1. The molecule has 0 heterocycles. The average Bonchev–Trinajstić information content (AvgIpc) is 2.50. The number of carbonyl (C=O) groups excluding carboxylic acids is 1. The molecule has 2 amide bonds. The highest BCUT2D eigenvalue weighted by Crippen LogP contribution is 2.23. The number of nitrogens with one attached hydrogen (secondary N) is 2. The van der Waals surface area contributed by atoms with Gasteiger partial charge in [-0.15, -0.1) is 0 Å². The molecule has 1 aliphatic rings. The van der Waals surface area contributed by atoms with Gasteiger partial charge in [-0.3, -0.25) is 0 Å². The second-order valence-corrected chi connectivity index (χ2v) is 6.12.